The first-order chi connectivity index (χ1) is 18.3. The second kappa shape index (κ2) is 9.11. The third-order valence-electron chi connectivity index (χ3n) is 6.68. The second-order valence-electron chi connectivity index (χ2n) is 9.50. The highest BCUT2D eigenvalue weighted by atomic mass is 32.2. The smallest absolute Gasteiger partial charge is 0.240 e. The van der Waals surface area contributed by atoms with Crippen LogP contribution < -0.4 is 0 Å². The Hall–Kier alpha value is -4.49. The minimum atomic E-state index is -4.00. The van der Waals surface area contributed by atoms with Gasteiger partial charge in [0.15, 0.2) is 5.82 Å². The van der Waals surface area contributed by atoms with Crippen molar-refractivity contribution in [2.45, 2.75) is 25.7 Å². The van der Waals surface area contributed by atoms with Crippen molar-refractivity contribution in [2.75, 3.05) is 0 Å². The molecular formula is C31H26N4O2S. The van der Waals surface area contributed by atoms with E-state index < -0.39 is 10.0 Å². The standard InChI is InChI=1S/C31H26N4O2S/c1-21-14-17-24(18-15-21)30-26(20-34(33-30)25-9-5-4-6-10-25)31-32-27-11-7-8-12-28(27)35(31)38(36,37)29-19-22(2)13-16-23(29)3/h4-20H,1-3H3. The fourth-order valence-electron chi connectivity index (χ4n) is 4.68. The van der Waals surface area contributed by atoms with Crippen LogP contribution in [0.25, 0.3) is 39.4 Å². The van der Waals surface area contributed by atoms with E-state index in [1.807, 2.05) is 112 Å². The molecular weight excluding hydrogens is 492 g/mol. The first-order valence-electron chi connectivity index (χ1n) is 12.4. The molecule has 6 nitrogen and oxygen atoms in total. The normalized spacial score (nSPS) is 11.8. The zero-order chi connectivity index (χ0) is 26.4. The highest BCUT2D eigenvalue weighted by Gasteiger charge is 2.29. The van der Waals surface area contributed by atoms with Crippen LogP contribution in [-0.2, 0) is 10.0 Å². The molecule has 6 rings (SSSR count). The van der Waals surface area contributed by atoms with Gasteiger partial charge in [-0.05, 0) is 62.2 Å². The van der Waals surface area contributed by atoms with E-state index in [1.165, 1.54) is 3.97 Å². The number of aryl methyl sites for hydroxylation is 3. The maximum Gasteiger partial charge on any atom is 0.270 e. The number of hydrogen-bond acceptors (Lipinski definition) is 4. The van der Waals surface area contributed by atoms with E-state index in [0.29, 0.717) is 33.7 Å². The van der Waals surface area contributed by atoms with Crippen LogP contribution in [0.4, 0.5) is 0 Å². The first-order valence-corrected chi connectivity index (χ1v) is 13.8. The van der Waals surface area contributed by atoms with Gasteiger partial charge in [-0.2, -0.15) is 5.10 Å². The van der Waals surface area contributed by atoms with Gasteiger partial charge in [-0.3, -0.25) is 0 Å². The predicted octanol–water partition coefficient (Wildman–Crippen LogP) is 6.72. The summed E-state index contributed by atoms with van der Waals surface area (Å²) in [5, 5.41) is 4.92. The van der Waals surface area contributed by atoms with Crippen LogP contribution in [0.2, 0.25) is 0 Å². The van der Waals surface area contributed by atoms with Gasteiger partial charge in [0.25, 0.3) is 10.0 Å². The average Bonchev–Trinajstić information content (AvgIpc) is 3.53. The largest absolute Gasteiger partial charge is 0.270 e. The molecule has 0 radical (unpaired) electrons. The Morgan fingerprint density at radius 2 is 1.42 bits per heavy atom. The summed E-state index contributed by atoms with van der Waals surface area (Å²) in [6.45, 7) is 5.74. The number of para-hydroxylation sites is 3. The van der Waals surface area contributed by atoms with Crippen molar-refractivity contribution in [1.82, 2.24) is 18.7 Å². The van der Waals surface area contributed by atoms with Crippen LogP contribution in [0.3, 0.4) is 0 Å². The molecule has 0 aliphatic carbocycles. The summed E-state index contributed by atoms with van der Waals surface area (Å²) < 4.78 is 31.8. The summed E-state index contributed by atoms with van der Waals surface area (Å²) >= 11 is 0. The minimum Gasteiger partial charge on any atom is -0.240 e. The summed E-state index contributed by atoms with van der Waals surface area (Å²) in [5.41, 5.74) is 6.82. The number of aromatic nitrogens is 4. The number of hydrogen-bond donors (Lipinski definition) is 0. The van der Waals surface area contributed by atoms with Gasteiger partial charge in [0, 0.05) is 11.8 Å². The van der Waals surface area contributed by atoms with Gasteiger partial charge < -0.3 is 0 Å². The molecule has 0 amide bonds. The highest BCUT2D eigenvalue weighted by Crippen LogP contribution is 2.36. The summed E-state index contributed by atoms with van der Waals surface area (Å²) in [6.07, 6.45) is 1.86. The third kappa shape index (κ3) is 4.01. The van der Waals surface area contributed by atoms with E-state index >= 15 is 0 Å². The molecule has 0 unspecified atom stereocenters. The zero-order valence-electron chi connectivity index (χ0n) is 21.3. The molecule has 2 heterocycles. The Balaban J connectivity index is 1.68. The molecule has 188 valence electrons. The number of nitrogens with zero attached hydrogens (tertiary/aromatic N) is 4. The molecule has 7 heteroatoms. The van der Waals surface area contributed by atoms with Crippen molar-refractivity contribution >= 4 is 21.1 Å². The predicted molar refractivity (Wildman–Crippen MR) is 151 cm³/mol. The molecule has 0 aliphatic heterocycles. The molecule has 0 saturated carbocycles. The van der Waals surface area contributed by atoms with Crippen LogP contribution in [-0.4, -0.2) is 27.2 Å². The van der Waals surface area contributed by atoms with Crippen molar-refractivity contribution in [3.8, 4) is 28.3 Å². The number of fused-ring (bicyclic) bond motifs is 1. The molecule has 0 N–H and O–H groups in total. The van der Waals surface area contributed by atoms with Gasteiger partial charge in [-0.1, -0.05) is 72.3 Å². The molecule has 38 heavy (non-hydrogen) atoms. The van der Waals surface area contributed by atoms with Gasteiger partial charge >= 0.3 is 0 Å². The highest BCUT2D eigenvalue weighted by molar-refractivity contribution is 7.90. The van der Waals surface area contributed by atoms with Crippen molar-refractivity contribution in [3.63, 3.8) is 0 Å². The SMILES string of the molecule is Cc1ccc(-c2nn(-c3ccccc3)cc2-c2nc3ccccc3n2S(=O)(=O)c2cc(C)ccc2C)cc1. The van der Waals surface area contributed by atoms with Crippen LogP contribution in [0.15, 0.2) is 108 Å². The summed E-state index contributed by atoms with van der Waals surface area (Å²) in [6, 6.07) is 30.6. The molecule has 0 aliphatic rings. The maximum atomic E-state index is 14.3. The van der Waals surface area contributed by atoms with Crippen LogP contribution in [0.1, 0.15) is 16.7 Å². The van der Waals surface area contributed by atoms with E-state index in [4.69, 9.17) is 10.1 Å². The number of benzene rings is 4. The quantitative estimate of drug-likeness (QED) is 0.254. The van der Waals surface area contributed by atoms with Crippen LogP contribution in [0, 0.1) is 20.8 Å². The lowest BCUT2D eigenvalue weighted by Crippen LogP contribution is -2.16. The monoisotopic (exact) mass is 518 g/mol. The number of rotatable bonds is 5. The zero-order valence-corrected chi connectivity index (χ0v) is 22.1. The van der Waals surface area contributed by atoms with E-state index in [-0.39, 0.29) is 4.90 Å². The lowest BCUT2D eigenvalue weighted by Gasteiger charge is -2.13. The maximum absolute atomic E-state index is 14.3. The first kappa shape index (κ1) is 23.9. The Kier molecular flexibility index (Phi) is 5.73. The lowest BCUT2D eigenvalue weighted by atomic mass is 10.1. The third-order valence-corrected chi connectivity index (χ3v) is 8.53. The Bertz CT molecular complexity index is 1900. The fraction of sp³-hybridized carbons (Fsp3) is 0.0968. The van der Waals surface area contributed by atoms with Gasteiger partial charge in [-0.15, -0.1) is 0 Å². The Labute approximate surface area is 221 Å². The van der Waals surface area contributed by atoms with E-state index in [9.17, 15) is 8.42 Å². The molecule has 0 atom stereocenters. The van der Waals surface area contributed by atoms with Crippen molar-refractivity contribution in [2.24, 2.45) is 0 Å². The molecule has 4 aromatic carbocycles. The van der Waals surface area contributed by atoms with Crippen molar-refractivity contribution in [1.29, 1.82) is 0 Å². The molecule has 6 aromatic rings. The molecule has 0 bridgehead atoms. The molecule has 0 saturated heterocycles. The molecule has 2 aromatic heterocycles. The van der Waals surface area contributed by atoms with Crippen LogP contribution in [0.5, 0.6) is 0 Å². The van der Waals surface area contributed by atoms with Gasteiger partial charge in [0.05, 0.1) is 27.2 Å². The molecule has 0 fully saturated rings. The van der Waals surface area contributed by atoms with Gasteiger partial charge in [0.2, 0.25) is 0 Å². The van der Waals surface area contributed by atoms with E-state index in [0.717, 1.165) is 22.4 Å². The molecule has 0 spiro atoms. The Morgan fingerprint density at radius 1 is 0.737 bits per heavy atom. The van der Waals surface area contributed by atoms with Crippen LogP contribution >= 0.6 is 0 Å². The van der Waals surface area contributed by atoms with Crippen molar-refractivity contribution in [3.05, 3.63) is 120 Å². The average molecular weight is 519 g/mol. The van der Waals surface area contributed by atoms with E-state index in [1.54, 1.807) is 16.8 Å². The summed E-state index contributed by atoms with van der Waals surface area (Å²) in [5.74, 6) is 0.324. The van der Waals surface area contributed by atoms with Gasteiger partial charge in [0.1, 0.15) is 5.69 Å². The second-order valence-corrected chi connectivity index (χ2v) is 11.3. The fourth-order valence-corrected chi connectivity index (χ4v) is 6.46. The van der Waals surface area contributed by atoms with Crippen molar-refractivity contribution < 1.29 is 8.42 Å². The summed E-state index contributed by atoms with van der Waals surface area (Å²) in [4.78, 5) is 5.13. The summed E-state index contributed by atoms with van der Waals surface area (Å²) in [7, 11) is -4.00. The minimum absolute atomic E-state index is 0.259. The Morgan fingerprint density at radius 3 is 2.18 bits per heavy atom. The number of imidazole rings is 1. The lowest BCUT2D eigenvalue weighted by molar-refractivity contribution is 0.588. The van der Waals surface area contributed by atoms with E-state index in [2.05, 4.69) is 0 Å². The topological polar surface area (TPSA) is 69.8 Å². The van der Waals surface area contributed by atoms with Gasteiger partial charge in [-0.25, -0.2) is 22.1 Å².